The maximum Gasteiger partial charge on any atom is 0.500 e. The molecule has 2 amide bonds. The van der Waals surface area contributed by atoms with Crippen molar-refractivity contribution in [2.45, 2.75) is 12.5 Å². The van der Waals surface area contributed by atoms with Crippen molar-refractivity contribution >= 4 is 26.2 Å². The first-order valence-electron chi connectivity index (χ1n) is 8.48. The van der Waals surface area contributed by atoms with Crippen molar-refractivity contribution < 1.29 is 18.1 Å². The van der Waals surface area contributed by atoms with Crippen molar-refractivity contribution in [2.24, 2.45) is 0 Å². The van der Waals surface area contributed by atoms with E-state index in [0.29, 0.717) is 19.0 Å². The SMILES string of the molecule is CO[Si](CCCN(C(=O)Nc1ccccc1)c1ccccc1)(OC)OC. The topological polar surface area (TPSA) is 60.0 Å². The van der Waals surface area contributed by atoms with E-state index >= 15 is 0 Å². The average molecular weight is 375 g/mol. The van der Waals surface area contributed by atoms with Crippen molar-refractivity contribution in [1.82, 2.24) is 0 Å². The lowest BCUT2D eigenvalue weighted by Gasteiger charge is -2.27. The first-order valence-corrected chi connectivity index (χ1v) is 10.4. The molecule has 0 unspecified atom stereocenters. The first kappa shape index (κ1) is 20.1. The minimum atomic E-state index is -2.65. The van der Waals surface area contributed by atoms with Crippen LogP contribution in [-0.2, 0) is 13.3 Å². The number of benzene rings is 2. The molecule has 0 fully saturated rings. The fourth-order valence-corrected chi connectivity index (χ4v) is 4.38. The van der Waals surface area contributed by atoms with Gasteiger partial charge in [0.05, 0.1) is 0 Å². The number of para-hydroxylation sites is 2. The molecule has 0 aliphatic rings. The third-order valence-corrected chi connectivity index (χ3v) is 6.97. The van der Waals surface area contributed by atoms with Crippen molar-refractivity contribution in [3.8, 4) is 0 Å². The summed E-state index contributed by atoms with van der Waals surface area (Å²) in [6.07, 6.45) is 0.693. The van der Waals surface area contributed by atoms with Gasteiger partial charge in [-0.1, -0.05) is 36.4 Å². The molecule has 0 bridgehead atoms. The molecule has 2 aromatic rings. The van der Waals surface area contributed by atoms with Crippen molar-refractivity contribution in [3.63, 3.8) is 0 Å². The summed E-state index contributed by atoms with van der Waals surface area (Å²) in [6, 6.07) is 19.4. The number of nitrogens with one attached hydrogen (secondary N) is 1. The maximum atomic E-state index is 12.8. The van der Waals surface area contributed by atoms with E-state index in [1.807, 2.05) is 60.7 Å². The Balaban J connectivity index is 2.08. The largest absolute Gasteiger partial charge is 0.500 e. The van der Waals surface area contributed by atoms with Crippen LogP contribution in [0.25, 0.3) is 0 Å². The van der Waals surface area contributed by atoms with E-state index in [-0.39, 0.29) is 6.03 Å². The van der Waals surface area contributed by atoms with E-state index < -0.39 is 8.80 Å². The predicted molar refractivity (Wildman–Crippen MR) is 105 cm³/mol. The minimum Gasteiger partial charge on any atom is -0.377 e. The van der Waals surface area contributed by atoms with Crippen LogP contribution >= 0.6 is 0 Å². The highest BCUT2D eigenvalue weighted by atomic mass is 28.4. The third-order valence-electron chi connectivity index (χ3n) is 4.14. The van der Waals surface area contributed by atoms with Gasteiger partial charge in [-0.3, -0.25) is 4.90 Å². The molecule has 26 heavy (non-hydrogen) atoms. The van der Waals surface area contributed by atoms with Crippen molar-refractivity contribution in [1.29, 1.82) is 0 Å². The molecule has 140 valence electrons. The number of amides is 2. The van der Waals surface area contributed by atoms with Gasteiger partial charge in [-0.25, -0.2) is 4.79 Å². The van der Waals surface area contributed by atoms with E-state index in [1.165, 1.54) is 0 Å². The van der Waals surface area contributed by atoms with Gasteiger partial charge in [0.15, 0.2) is 0 Å². The molecule has 0 radical (unpaired) electrons. The summed E-state index contributed by atoms with van der Waals surface area (Å²) in [7, 11) is 2.13. The van der Waals surface area contributed by atoms with Gasteiger partial charge in [0.2, 0.25) is 0 Å². The van der Waals surface area contributed by atoms with Crippen LogP contribution in [0.1, 0.15) is 6.42 Å². The molecule has 0 heterocycles. The molecule has 2 aromatic carbocycles. The smallest absolute Gasteiger partial charge is 0.377 e. The Hall–Kier alpha value is -2.19. The molecule has 0 atom stereocenters. The van der Waals surface area contributed by atoms with Crippen LogP contribution in [0.15, 0.2) is 60.7 Å². The van der Waals surface area contributed by atoms with E-state index in [0.717, 1.165) is 11.4 Å². The van der Waals surface area contributed by atoms with Gasteiger partial charge >= 0.3 is 14.8 Å². The maximum absolute atomic E-state index is 12.8. The molecular formula is C19H26N2O4Si. The molecule has 0 saturated carbocycles. The molecule has 1 N–H and O–H groups in total. The Morgan fingerprint density at radius 2 is 1.46 bits per heavy atom. The molecule has 0 aromatic heterocycles. The summed E-state index contributed by atoms with van der Waals surface area (Å²) in [5.74, 6) is 0. The van der Waals surface area contributed by atoms with E-state index in [4.69, 9.17) is 13.3 Å². The number of nitrogens with zero attached hydrogens (tertiary/aromatic N) is 1. The fraction of sp³-hybridized carbons (Fsp3) is 0.316. The van der Waals surface area contributed by atoms with Gasteiger partial charge in [0.25, 0.3) is 0 Å². The Labute approximate surface area is 156 Å². The van der Waals surface area contributed by atoms with Crippen LogP contribution in [0.3, 0.4) is 0 Å². The van der Waals surface area contributed by atoms with Crippen LogP contribution in [0.2, 0.25) is 6.04 Å². The Morgan fingerprint density at radius 1 is 0.923 bits per heavy atom. The van der Waals surface area contributed by atoms with E-state index in [9.17, 15) is 4.79 Å². The zero-order chi connectivity index (χ0) is 18.8. The molecule has 0 aliphatic carbocycles. The lowest BCUT2D eigenvalue weighted by atomic mass is 10.2. The minimum absolute atomic E-state index is 0.179. The molecular weight excluding hydrogens is 348 g/mol. The molecule has 0 saturated heterocycles. The quantitative estimate of drug-likeness (QED) is 0.674. The highest BCUT2D eigenvalue weighted by Crippen LogP contribution is 2.20. The third kappa shape index (κ3) is 5.40. The van der Waals surface area contributed by atoms with Gasteiger partial charge in [-0.15, -0.1) is 0 Å². The second-order valence-corrected chi connectivity index (χ2v) is 8.77. The van der Waals surface area contributed by atoms with Crippen LogP contribution in [-0.4, -0.2) is 42.7 Å². The number of hydrogen-bond donors (Lipinski definition) is 1. The normalized spacial score (nSPS) is 11.2. The zero-order valence-corrected chi connectivity index (χ0v) is 16.5. The first-order chi connectivity index (χ1) is 12.6. The highest BCUT2D eigenvalue weighted by Gasteiger charge is 2.37. The second-order valence-electron chi connectivity index (χ2n) is 5.68. The van der Waals surface area contributed by atoms with Crippen molar-refractivity contribution in [3.05, 3.63) is 60.7 Å². The van der Waals surface area contributed by atoms with Crippen LogP contribution in [0.4, 0.5) is 16.2 Å². The Kier molecular flexibility index (Phi) is 7.80. The molecule has 0 spiro atoms. The van der Waals surface area contributed by atoms with E-state index in [1.54, 1.807) is 26.2 Å². The Morgan fingerprint density at radius 3 is 2.00 bits per heavy atom. The summed E-state index contributed by atoms with van der Waals surface area (Å²) in [4.78, 5) is 14.5. The number of rotatable bonds is 9. The van der Waals surface area contributed by atoms with E-state index in [2.05, 4.69) is 5.32 Å². The summed E-state index contributed by atoms with van der Waals surface area (Å²) < 4.78 is 16.4. The lowest BCUT2D eigenvalue weighted by Crippen LogP contribution is -2.44. The van der Waals surface area contributed by atoms with Gasteiger partial charge in [0.1, 0.15) is 0 Å². The molecule has 2 rings (SSSR count). The van der Waals surface area contributed by atoms with Crippen LogP contribution < -0.4 is 10.2 Å². The number of anilines is 2. The fourth-order valence-electron chi connectivity index (χ4n) is 2.68. The number of carbonyl (C=O) groups excluding carboxylic acids is 1. The zero-order valence-electron chi connectivity index (χ0n) is 15.5. The number of carbonyl (C=O) groups is 1. The highest BCUT2D eigenvalue weighted by molar-refractivity contribution is 6.60. The van der Waals surface area contributed by atoms with Gasteiger partial charge < -0.3 is 18.6 Å². The summed E-state index contributed by atoms with van der Waals surface area (Å²) in [6.45, 7) is 0.521. The van der Waals surface area contributed by atoms with Crippen LogP contribution in [0.5, 0.6) is 0 Å². The number of hydrogen-bond acceptors (Lipinski definition) is 4. The Bertz CT molecular complexity index is 657. The van der Waals surface area contributed by atoms with Crippen molar-refractivity contribution in [2.75, 3.05) is 38.1 Å². The standard InChI is InChI=1S/C19H26N2O4Si/c1-23-26(24-2,25-3)16-10-15-21(18-13-8-5-9-14-18)19(22)20-17-11-6-4-7-12-17/h4-9,11-14H,10,15-16H2,1-3H3,(H,20,22). The average Bonchev–Trinajstić information content (AvgIpc) is 2.70. The summed E-state index contributed by atoms with van der Waals surface area (Å²) in [5, 5.41) is 2.93. The van der Waals surface area contributed by atoms with Gasteiger partial charge in [-0.05, 0) is 30.7 Å². The van der Waals surface area contributed by atoms with Crippen LogP contribution in [0, 0.1) is 0 Å². The molecule has 6 nitrogen and oxygen atoms in total. The molecule has 0 aliphatic heterocycles. The second kappa shape index (κ2) is 10.1. The van der Waals surface area contributed by atoms with Gasteiger partial charge in [-0.2, -0.15) is 0 Å². The predicted octanol–water partition coefficient (Wildman–Crippen LogP) is 3.99. The monoisotopic (exact) mass is 374 g/mol. The summed E-state index contributed by atoms with van der Waals surface area (Å²) in [5.41, 5.74) is 1.59. The summed E-state index contributed by atoms with van der Waals surface area (Å²) >= 11 is 0. The molecule has 7 heteroatoms. The number of urea groups is 1. The lowest BCUT2D eigenvalue weighted by molar-refractivity contribution is 0.123. The van der Waals surface area contributed by atoms with Gasteiger partial charge in [0, 0.05) is 45.3 Å².